The molecule has 0 aromatic heterocycles. The molecule has 2 atom stereocenters. The Labute approximate surface area is 128 Å². The summed E-state index contributed by atoms with van der Waals surface area (Å²) in [4.78, 5) is 0.355. The van der Waals surface area contributed by atoms with E-state index in [9.17, 15) is 8.42 Å². The van der Waals surface area contributed by atoms with Crippen LogP contribution in [0.15, 0.2) is 23.1 Å². The highest BCUT2D eigenvalue weighted by Crippen LogP contribution is 2.29. The molecule has 4 nitrogen and oxygen atoms in total. The van der Waals surface area contributed by atoms with E-state index in [2.05, 4.69) is 11.6 Å². The Morgan fingerprint density at radius 3 is 2.67 bits per heavy atom. The first-order valence-corrected chi connectivity index (χ1v) is 9.21. The van der Waals surface area contributed by atoms with Crippen LogP contribution >= 0.6 is 0 Å². The van der Waals surface area contributed by atoms with Crippen molar-refractivity contribution in [1.29, 1.82) is 0 Å². The second-order valence-electron chi connectivity index (χ2n) is 6.18. The fraction of sp³-hybridized carbons (Fsp3) is 0.625. The predicted octanol–water partition coefficient (Wildman–Crippen LogP) is 2.56. The van der Waals surface area contributed by atoms with E-state index in [1.54, 1.807) is 6.07 Å². The van der Waals surface area contributed by atoms with E-state index in [-0.39, 0.29) is 0 Å². The van der Waals surface area contributed by atoms with Crippen molar-refractivity contribution in [2.45, 2.75) is 51.0 Å². The molecule has 0 amide bonds. The first kappa shape index (κ1) is 16.5. The molecular formula is C16H26N2O2S. The smallest absolute Gasteiger partial charge is 0.240 e. The van der Waals surface area contributed by atoms with E-state index in [0.29, 0.717) is 29.8 Å². The molecule has 3 N–H and O–H groups in total. The number of nitrogens with one attached hydrogen (secondary N) is 1. The zero-order chi connectivity index (χ0) is 15.5. The van der Waals surface area contributed by atoms with Crippen molar-refractivity contribution in [3.8, 4) is 0 Å². The Hall–Kier alpha value is -0.910. The van der Waals surface area contributed by atoms with Gasteiger partial charge in [-0.15, -0.1) is 0 Å². The van der Waals surface area contributed by atoms with Crippen LogP contribution in [0.5, 0.6) is 0 Å². The monoisotopic (exact) mass is 310 g/mol. The van der Waals surface area contributed by atoms with Crippen molar-refractivity contribution in [3.63, 3.8) is 0 Å². The highest BCUT2D eigenvalue weighted by atomic mass is 32.2. The quantitative estimate of drug-likeness (QED) is 0.878. The maximum Gasteiger partial charge on any atom is 0.240 e. The van der Waals surface area contributed by atoms with Gasteiger partial charge in [0.05, 0.1) is 4.90 Å². The lowest BCUT2D eigenvalue weighted by atomic mass is 9.81. The van der Waals surface area contributed by atoms with E-state index < -0.39 is 10.0 Å². The summed E-state index contributed by atoms with van der Waals surface area (Å²) >= 11 is 0. The largest absolute Gasteiger partial charge is 0.326 e. The molecule has 0 heterocycles. The fourth-order valence-electron chi connectivity index (χ4n) is 3.05. The molecule has 1 aliphatic carbocycles. The molecule has 0 aliphatic heterocycles. The predicted molar refractivity (Wildman–Crippen MR) is 85.4 cm³/mol. The average molecular weight is 310 g/mol. The highest BCUT2D eigenvalue weighted by Gasteiger charge is 2.24. The molecule has 118 valence electrons. The van der Waals surface area contributed by atoms with E-state index in [1.165, 1.54) is 19.3 Å². The van der Waals surface area contributed by atoms with Crippen LogP contribution in [0.3, 0.4) is 0 Å². The molecule has 0 radical (unpaired) electrons. The van der Waals surface area contributed by atoms with Gasteiger partial charge in [0, 0.05) is 13.1 Å². The topological polar surface area (TPSA) is 72.2 Å². The lowest BCUT2D eigenvalue weighted by Crippen LogP contribution is -2.33. The molecule has 1 aromatic carbocycles. The van der Waals surface area contributed by atoms with Gasteiger partial charge in [0.2, 0.25) is 10.0 Å². The van der Waals surface area contributed by atoms with E-state index in [0.717, 1.165) is 17.5 Å². The molecule has 21 heavy (non-hydrogen) atoms. The molecule has 1 saturated carbocycles. The maximum absolute atomic E-state index is 12.5. The van der Waals surface area contributed by atoms with Crippen molar-refractivity contribution >= 4 is 10.0 Å². The van der Waals surface area contributed by atoms with E-state index in [1.807, 2.05) is 19.1 Å². The maximum atomic E-state index is 12.5. The van der Waals surface area contributed by atoms with E-state index >= 15 is 0 Å². The molecule has 1 aromatic rings. The summed E-state index contributed by atoms with van der Waals surface area (Å²) in [6.45, 7) is 4.93. The summed E-state index contributed by atoms with van der Waals surface area (Å²) in [5.41, 5.74) is 7.21. The lowest BCUT2D eigenvalue weighted by molar-refractivity contribution is 0.257. The van der Waals surface area contributed by atoms with Gasteiger partial charge in [0.1, 0.15) is 0 Å². The highest BCUT2D eigenvalue weighted by molar-refractivity contribution is 7.89. The summed E-state index contributed by atoms with van der Waals surface area (Å²) in [7, 11) is -3.45. The molecule has 0 bridgehead atoms. The van der Waals surface area contributed by atoms with Crippen molar-refractivity contribution < 1.29 is 8.42 Å². The number of hydrogen-bond donors (Lipinski definition) is 2. The molecule has 1 aliphatic rings. The summed E-state index contributed by atoms with van der Waals surface area (Å²) in [5.74, 6) is 1.05. The van der Waals surface area contributed by atoms with Crippen LogP contribution in [-0.2, 0) is 16.6 Å². The number of hydrogen-bond acceptors (Lipinski definition) is 3. The third-order valence-corrected chi connectivity index (χ3v) is 6.17. The first-order valence-electron chi connectivity index (χ1n) is 7.73. The number of nitrogens with two attached hydrogens (primary N) is 1. The van der Waals surface area contributed by atoms with Gasteiger partial charge in [-0.1, -0.05) is 38.3 Å². The molecule has 2 unspecified atom stereocenters. The van der Waals surface area contributed by atoms with Crippen LogP contribution in [0.25, 0.3) is 0 Å². The summed E-state index contributed by atoms with van der Waals surface area (Å²) in [6.07, 6.45) is 4.79. The Morgan fingerprint density at radius 1 is 1.29 bits per heavy atom. The SMILES string of the molecule is Cc1ccc(CN)cc1S(=O)(=O)NCC1CCCCC1C. The van der Waals surface area contributed by atoms with Gasteiger partial charge in [0.15, 0.2) is 0 Å². The van der Waals surface area contributed by atoms with Crippen LogP contribution in [0, 0.1) is 18.8 Å². The normalized spacial score (nSPS) is 23.2. The second-order valence-corrected chi connectivity index (χ2v) is 7.91. The third kappa shape index (κ3) is 4.05. The number of aryl methyl sites for hydroxylation is 1. The summed E-state index contributed by atoms with van der Waals surface area (Å²) in [5, 5.41) is 0. The molecule has 5 heteroatoms. The number of sulfonamides is 1. The molecule has 1 fully saturated rings. The first-order chi connectivity index (χ1) is 9.94. The van der Waals surface area contributed by atoms with Gasteiger partial charge < -0.3 is 5.73 Å². The molecular weight excluding hydrogens is 284 g/mol. The van der Waals surface area contributed by atoms with Gasteiger partial charge in [-0.25, -0.2) is 13.1 Å². The summed E-state index contributed by atoms with van der Waals surface area (Å²) in [6, 6.07) is 5.37. The minimum atomic E-state index is -3.45. The van der Waals surface area contributed by atoms with Gasteiger partial charge in [0.25, 0.3) is 0 Å². The van der Waals surface area contributed by atoms with Crippen molar-refractivity contribution in [1.82, 2.24) is 4.72 Å². The van der Waals surface area contributed by atoms with Crippen molar-refractivity contribution in [2.24, 2.45) is 17.6 Å². The Kier molecular flexibility index (Phi) is 5.41. The fourth-order valence-corrected chi connectivity index (χ4v) is 4.44. The zero-order valence-corrected chi connectivity index (χ0v) is 13.7. The lowest BCUT2D eigenvalue weighted by Gasteiger charge is -2.28. The summed E-state index contributed by atoms with van der Waals surface area (Å²) < 4.78 is 27.8. The molecule has 0 spiro atoms. The van der Waals surface area contributed by atoms with Gasteiger partial charge in [-0.05, 0) is 42.4 Å². The van der Waals surface area contributed by atoms with Crippen LogP contribution in [0.4, 0.5) is 0 Å². The second kappa shape index (κ2) is 6.90. The Balaban J connectivity index is 2.11. The third-order valence-electron chi connectivity index (χ3n) is 4.60. The van der Waals surface area contributed by atoms with Gasteiger partial charge in [-0.3, -0.25) is 0 Å². The van der Waals surface area contributed by atoms with Crippen molar-refractivity contribution in [2.75, 3.05) is 6.54 Å². The van der Waals surface area contributed by atoms with Crippen LogP contribution < -0.4 is 10.5 Å². The Morgan fingerprint density at radius 2 is 2.00 bits per heavy atom. The van der Waals surface area contributed by atoms with Gasteiger partial charge >= 0.3 is 0 Å². The van der Waals surface area contributed by atoms with Crippen LogP contribution in [0.2, 0.25) is 0 Å². The van der Waals surface area contributed by atoms with Gasteiger partial charge in [-0.2, -0.15) is 0 Å². The van der Waals surface area contributed by atoms with E-state index in [4.69, 9.17) is 5.73 Å². The van der Waals surface area contributed by atoms with Crippen LogP contribution in [0.1, 0.15) is 43.7 Å². The molecule has 0 saturated heterocycles. The molecule has 2 rings (SSSR count). The minimum Gasteiger partial charge on any atom is -0.326 e. The number of rotatable bonds is 5. The standard InChI is InChI=1S/C16H26N2O2S/c1-12-5-3-4-6-15(12)11-18-21(19,20)16-9-14(10-17)8-7-13(16)2/h7-9,12,15,18H,3-6,10-11,17H2,1-2H3. The number of benzene rings is 1. The zero-order valence-electron chi connectivity index (χ0n) is 12.9. The van der Waals surface area contributed by atoms with Crippen LogP contribution in [-0.4, -0.2) is 15.0 Å². The minimum absolute atomic E-state index is 0.350. The Bertz CT molecular complexity index is 584. The average Bonchev–Trinajstić information content (AvgIpc) is 2.47. The van der Waals surface area contributed by atoms with Crippen molar-refractivity contribution in [3.05, 3.63) is 29.3 Å².